The summed E-state index contributed by atoms with van der Waals surface area (Å²) in [5, 5.41) is 13.9. The normalized spacial score (nSPS) is 25.1. The number of hydrogen-bond acceptors (Lipinski definition) is 3. The van der Waals surface area contributed by atoms with E-state index in [9.17, 15) is 14.3 Å². The molecule has 1 amide bonds. The molecule has 1 aromatic rings. The van der Waals surface area contributed by atoms with Crippen molar-refractivity contribution in [2.45, 2.75) is 89.3 Å². The molecule has 0 saturated heterocycles. The van der Waals surface area contributed by atoms with E-state index in [-0.39, 0.29) is 28.9 Å². The molecule has 0 heterocycles. The Kier molecular flexibility index (Phi) is 6.54. The molecule has 1 fully saturated rings. The summed E-state index contributed by atoms with van der Waals surface area (Å²) in [4.78, 5) is 12.7. The lowest BCUT2D eigenvalue weighted by Crippen LogP contribution is -2.52. The summed E-state index contributed by atoms with van der Waals surface area (Å²) in [7, 11) is -1.85. The van der Waals surface area contributed by atoms with Crippen molar-refractivity contribution in [3.05, 3.63) is 35.6 Å². The first kappa shape index (κ1) is 22.1. The monoisotopic (exact) mass is 395 g/mol. The largest absolute Gasteiger partial charge is 0.414 e. The number of benzene rings is 1. The Balaban J connectivity index is 1.92. The molecule has 0 bridgehead atoms. The van der Waals surface area contributed by atoms with E-state index in [1.807, 2.05) is 6.92 Å². The van der Waals surface area contributed by atoms with Crippen LogP contribution in [0.2, 0.25) is 18.1 Å². The van der Waals surface area contributed by atoms with Gasteiger partial charge in [-0.2, -0.15) is 0 Å². The standard InChI is InChI=1S/C21H34FNO3Si/c1-15(16-7-9-17(22)10-8-16)23-19(24)21(25)13-11-18(12-14-21)26-27(5,6)20(2,3)4/h7-10,15,18,25H,11-14H2,1-6H3,(H,23,24)/t15-,18?,21?/m1/s1. The minimum absolute atomic E-state index is 0.105. The van der Waals surface area contributed by atoms with Crippen molar-refractivity contribution in [1.29, 1.82) is 0 Å². The lowest BCUT2D eigenvalue weighted by Gasteiger charge is -2.42. The number of nitrogens with one attached hydrogen (secondary N) is 1. The molecule has 4 nitrogen and oxygen atoms in total. The van der Waals surface area contributed by atoms with Crippen LogP contribution in [0.25, 0.3) is 0 Å². The number of amides is 1. The highest BCUT2D eigenvalue weighted by atomic mass is 28.4. The van der Waals surface area contributed by atoms with Crippen LogP contribution in [0, 0.1) is 5.82 Å². The second-order valence-electron chi connectivity index (χ2n) is 9.36. The molecule has 0 radical (unpaired) electrons. The van der Waals surface area contributed by atoms with E-state index in [4.69, 9.17) is 4.43 Å². The zero-order valence-corrected chi connectivity index (χ0v) is 18.4. The van der Waals surface area contributed by atoms with E-state index in [1.54, 1.807) is 12.1 Å². The number of aliphatic hydroxyl groups is 1. The van der Waals surface area contributed by atoms with Crippen LogP contribution in [0.15, 0.2) is 24.3 Å². The molecule has 152 valence electrons. The van der Waals surface area contributed by atoms with Gasteiger partial charge in [0.2, 0.25) is 0 Å². The molecule has 0 unspecified atom stereocenters. The third-order valence-corrected chi connectivity index (χ3v) is 10.7. The highest BCUT2D eigenvalue weighted by Gasteiger charge is 2.44. The van der Waals surface area contributed by atoms with Crippen LogP contribution in [0.5, 0.6) is 0 Å². The van der Waals surface area contributed by atoms with Gasteiger partial charge in [-0.3, -0.25) is 4.79 Å². The minimum atomic E-state index is -1.85. The van der Waals surface area contributed by atoms with Gasteiger partial charge in [0.1, 0.15) is 11.4 Å². The Bertz CT molecular complexity index is 646. The van der Waals surface area contributed by atoms with Crippen molar-refractivity contribution >= 4 is 14.2 Å². The van der Waals surface area contributed by atoms with Crippen LogP contribution in [-0.4, -0.2) is 31.0 Å². The molecule has 0 aliphatic heterocycles. The van der Waals surface area contributed by atoms with E-state index in [0.29, 0.717) is 25.7 Å². The third kappa shape index (κ3) is 5.39. The van der Waals surface area contributed by atoms with Gasteiger partial charge < -0.3 is 14.8 Å². The average Bonchev–Trinajstić information content (AvgIpc) is 2.56. The van der Waals surface area contributed by atoms with E-state index >= 15 is 0 Å². The van der Waals surface area contributed by atoms with Crippen LogP contribution in [0.3, 0.4) is 0 Å². The molecule has 6 heteroatoms. The summed E-state index contributed by atoms with van der Waals surface area (Å²) in [6, 6.07) is 5.75. The zero-order valence-electron chi connectivity index (χ0n) is 17.4. The SMILES string of the molecule is C[C@@H](NC(=O)C1(O)CCC(O[Si](C)(C)C(C)(C)C)CC1)c1ccc(F)cc1. The Morgan fingerprint density at radius 1 is 1.26 bits per heavy atom. The molecule has 2 rings (SSSR count). The van der Waals surface area contributed by atoms with Crippen LogP contribution < -0.4 is 5.32 Å². The maximum absolute atomic E-state index is 13.1. The molecular weight excluding hydrogens is 361 g/mol. The van der Waals surface area contributed by atoms with Gasteiger partial charge in [0, 0.05) is 6.10 Å². The van der Waals surface area contributed by atoms with E-state index in [0.717, 1.165) is 5.56 Å². The van der Waals surface area contributed by atoms with Gasteiger partial charge in [-0.05, 0) is 68.4 Å². The van der Waals surface area contributed by atoms with E-state index in [2.05, 4.69) is 39.2 Å². The third-order valence-electron chi connectivity index (χ3n) is 6.17. The van der Waals surface area contributed by atoms with Crippen molar-refractivity contribution < 1.29 is 18.7 Å². The molecule has 1 atom stereocenters. The number of rotatable bonds is 5. The maximum Gasteiger partial charge on any atom is 0.252 e. The fraction of sp³-hybridized carbons (Fsp3) is 0.667. The quantitative estimate of drug-likeness (QED) is 0.711. The van der Waals surface area contributed by atoms with Crippen LogP contribution in [-0.2, 0) is 9.22 Å². The summed E-state index contributed by atoms with van der Waals surface area (Å²) in [5.41, 5.74) is -0.551. The second kappa shape index (κ2) is 8.01. The Labute approximate surface area is 163 Å². The van der Waals surface area contributed by atoms with Gasteiger partial charge >= 0.3 is 0 Å². The Hall–Kier alpha value is -1.24. The van der Waals surface area contributed by atoms with Crippen molar-refractivity contribution in [3.8, 4) is 0 Å². The van der Waals surface area contributed by atoms with Gasteiger partial charge in [-0.1, -0.05) is 32.9 Å². The first-order chi connectivity index (χ1) is 12.3. The molecule has 1 aromatic carbocycles. The van der Waals surface area contributed by atoms with Crippen LogP contribution in [0.4, 0.5) is 4.39 Å². The molecule has 2 N–H and O–H groups in total. The van der Waals surface area contributed by atoms with Gasteiger partial charge in [0.25, 0.3) is 5.91 Å². The first-order valence-electron chi connectivity index (χ1n) is 9.81. The predicted octanol–water partition coefficient (Wildman–Crippen LogP) is 4.70. The van der Waals surface area contributed by atoms with Gasteiger partial charge in [-0.15, -0.1) is 0 Å². The fourth-order valence-electron chi connectivity index (χ4n) is 3.17. The highest BCUT2D eigenvalue weighted by Crippen LogP contribution is 2.40. The summed E-state index contributed by atoms with van der Waals surface area (Å²) in [5.74, 6) is -0.666. The van der Waals surface area contributed by atoms with Crippen molar-refractivity contribution in [3.63, 3.8) is 0 Å². The fourth-order valence-corrected chi connectivity index (χ4v) is 4.60. The van der Waals surface area contributed by atoms with Gasteiger partial charge in [0.05, 0.1) is 6.04 Å². The van der Waals surface area contributed by atoms with Gasteiger partial charge in [0.15, 0.2) is 8.32 Å². The van der Waals surface area contributed by atoms with Crippen LogP contribution in [0.1, 0.15) is 65.0 Å². The number of carbonyl (C=O) groups excluding carboxylic acids is 1. The lowest BCUT2D eigenvalue weighted by molar-refractivity contribution is -0.145. The lowest BCUT2D eigenvalue weighted by atomic mass is 9.82. The van der Waals surface area contributed by atoms with Crippen molar-refractivity contribution in [2.75, 3.05) is 0 Å². The van der Waals surface area contributed by atoms with Crippen LogP contribution >= 0.6 is 0 Å². The van der Waals surface area contributed by atoms with Crippen molar-refractivity contribution in [2.24, 2.45) is 0 Å². The topological polar surface area (TPSA) is 58.6 Å². The molecule has 0 aromatic heterocycles. The summed E-state index contributed by atoms with van der Waals surface area (Å²) in [6.45, 7) is 12.9. The summed E-state index contributed by atoms with van der Waals surface area (Å²) < 4.78 is 19.5. The van der Waals surface area contributed by atoms with E-state index < -0.39 is 13.9 Å². The summed E-state index contributed by atoms with van der Waals surface area (Å²) >= 11 is 0. The Morgan fingerprint density at radius 2 is 1.78 bits per heavy atom. The van der Waals surface area contributed by atoms with E-state index in [1.165, 1.54) is 12.1 Å². The maximum atomic E-state index is 13.1. The van der Waals surface area contributed by atoms with Gasteiger partial charge in [-0.25, -0.2) is 4.39 Å². The highest BCUT2D eigenvalue weighted by molar-refractivity contribution is 6.74. The Morgan fingerprint density at radius 3 is 2.26 bits per heavy atom. The smallest absolute Gasteiger partial charge is 0.252 e. The molecular formula is C21H34FNO3Si. The minimum Gasteiger partial charge on any atom is -0.414 e. The predicted molar refractivity (Wildman–Crippen MR) is 108 cm³/mol. The molecule has 1 saturated carbocycles. The zero-order chi connectivity index (χ0) is 20.5. The molecule has 0 spiro atoms. The van der Waals surface area contributed by atoms with Crippen molar-refractivity contribution in [1.82, 2.24) is 5.32 Å². The molecule has 27 heavy (non-hydrogen) atoms. The molecule has 1 aliphatic carbocycles. The number of hydrogen-bond donors (Lipinski definition) is 2. The average molecular weight is 396 g/mol. The second-order valence-corrected chi connectivity index (χ2v) is 14.1. The first-order valence-corrected chi connectivity index (χ1v) is 12.7. The number of carbonyl (C=O) groups is 1. The summed E-state index contributed by atoms with van der Waals surface area (Å²) in [6.07, 6.45) is 2.26. The molecule has 1 aliphatic rings. The number of halogens is 1.